The monoisotopic (exact) mass is 283 g/mol. The van der Waals surface area contributed by atoms with Gasteiger partial charge in [-0.05, 0) is 25.1 Å². The maximum atomic E-state index is 9.78. The molecule has 0 saturated carbocycles. The van der Waals surface area contributed by atoms with Crippen LogP contribution in [0, 0.1) is 0 Å². The zero-order valence-electron chi connectivity index (χ0n) is 11.7. The van der Waals surface area contributed by atoms with E-state index < -0.39 is 0 Å². The van der Waals surface area contributed by atoms with Gasteiger partial charge in [-0.3, -0.25) is 0 Å². The lowest BCUT2D eigenvalue weighted by atomic mass is 10.1. The van der Waals surface area contributed by atoms with Crippen molar-refractivity contribution in [3.63, 3.8) is 0 Å². The zero-order valence-corrected chi connectivity index (χ0v) is 11.7. The number of imidazole rings is 1. The predicted octanol–water partition coefficient (Wildman–Crippen LogP) is 2.82. The number of H-pyrrole nitrogens is 1. The number of aromatic nitrogens is 2. The number of phenols is 2. The third-order valence-corrected chi connectivity index (χ3v) is 3.51. The molecule has 0 fully saturated rings. The second-order valence-corrected chi connectivity index (χ2v) is 5.03. The fraction of sp³-hybridized carbons (Fsp3) is 0.188. The lowest BCUT2D eigenvalue weighted by Crippen LogP contribution is -2.19. The van der Waals surface area contributed by atoms with Crippen molar-refractivity contribution in [2.75, 3.05) is 0 Å². The van der Waals surface area contributed by atoms with Crippen molar-refractivity contribution < 1.29 is 10.2 Å². The molecule has 1 aromatic heterocycles. The molecule has 21 heavy (non-hydrogen) atoms. The molecule has 0 aliphatic heterocycles. The summed E-state index contributed by atoms with van der Waals surface area (Å²) >= 11 is 0. The summed E-state index contributed by atoms with van der Waals surface area (Å²) in [6.07, 6.45) is 0. The summed E-state index contributed by atoms with van der Waals surface area (Å²) in [6, 6.07) is 12.8. The molecule has 0 aliphatic carbocycles. The van der Waals surface area contributed by atoms with Gasteiger partial charge in [0.25, 0.3) is 0 Å². The van der Waals surface area contributed by atoms with Crippen molar-refractivity contribution in [2.45, 2.75) is 19.5 Å². The van der Waals surface area contributed by atoms with Crippen LogP contribution in [-0.4, -0.2) is 20.2 Å². The predicted molar refractivity (Wildman–Crippen MR) is 81.1 cm³/mol. The number of aromatic amines is 1. The number of phenolic OH excluding ortho intramolecular Hbond substituents is 2. The van der Waals surface area contributed by atoms with Crippen LogP contribution in [0.3, 0.4) is 0 Å². The summed E-state index contributed by atoms with van der Waals surface area (Å²) < 4.78 is 0. The van der Waals surface area contributed by atoms with Gasteiger partial charge < -0.3 is 20.5 Å². The summed E-state index contributed by atoms with van der Waals surface area (Å²) in [4.78, 5) is 7.81. The molecule has 5 nitrogen and oxygen atoms in total. The Kier molecular flexibility index (Phi) is 3.50. The van der Waals surface area contributed by atoms with Crippen LogP contribution in [0.1, 0.15) is 24.4 Å². The molecule has 0 spiro atoms. The first-order valence-electron chi connectivity index (χ1n) is 6.83. The molecule has 0 radical (unpaired) electrons. The summed E-state index contributed by atoms with van der Waals surface area (Å²) in [6.45, 7) is 2.44. The second kappa shape index (κ2) is 5.46. The second-order valence-electron chi connectivity index (χ2n) is 5.03. The number of aromatic hydroxyl groups is 2. The smallest absolute Gasteiger partial charge is 0.161 e. The highest BCUT2D eigenvalue weighted by atomic mass is 16.3. The van der Waals surface area contributed by atoms with Crippen molar-refractivity contribution in [1.82, 2.24) is 15.3 Å². The molecule has 0 saturated heterocycles. The molecule has 0 aliphatic rings. The Morgan fingerprint density at radius 1 is 1.14 bits per heavy atom. The van der Waals surface area contributed by atoms with E-state index in [1.165, 1.54) is 6.07 Å². The molecule has 0 amide bonds. The van der Waals surface area contributed by atoms with Gasteiger partial charge in [0.1, 0.15) is 5.82 Å². The minimum atomic E-state index is -0.106. The molecule has 0 bridgehead atoms. The summed E-state index contributed by atoms with van der Waals surface area (Å²) in [5, 5.41) is 22.5. The number of para-hydroxylation sites is 3. The SMILES string of the molecule is CC(NCc1cccc(O)c1O)c1nc2ccccc2[nH]1. The molecule has 4 N–H and O–H groups in total. The van der Waals surface area contributed by atoms with Gasteiger partial charge in [0.15, 0.2) is 11.5 Å². The van der Waals surface area contributed by atoms with E-state index >= 15 is 0 Å². The van der Waals surface area contributed by atoms with Crippen LogP contribution in [0.2, 0.25) is 0 Å². The summed E-state index contributed by atoms with van der Waals surface area (Å²) in [5.41, 5.74) is 2.58. The quantitative estimate of drug-likeness (QED) is 0.555. The van der Waals surface area contributed by atoms with E-state index in [0.29, 0.717) is 12.1 Å². The third-order valence-electron chi connectivity index (χ3n) is 3.51. The number of nitrogens with one attached hydrogen (secondary N) is 2. The van der Waals surface area contributed by atoms with Crippen LogP contribution in [0.25, 0.3) is 11.0 Å². The highest BCUT2D eigenvalue weighted by Crippen LogP contribution is 2.28. The molecule has 1 unspecified atom stereocenters. The fourth-order valence-corrected chi connectivity index (χ4v) is 2.26. The molecule has 108 valence electrons. The lowest BCUT2D eigenvalue weighted by Gasteiger charge is -2.12. The molecule has 3 aromatic rings. The Balaban J connectivity index is 1.74. The zero-order chi connectivity index (χ0) is 14.8. The fourth-order valence-electron chi connectivity index (χ4n) is 2.26. The third kappa shape index (κ3) is 2.68. The van der Waals surface area contributed by atoms with Crippen LogP contribution in [0.15, 0.2) is 42.5 Å². The molecule has 1 atom stereocenters. The van der Waals surface area contributed by atoms with Gasteiger partial charge in [0.05, 0.1) is 17.1 Å². The van der Waals surface area contributed by atoms with E-state index in [0.717, 1.165) is 16.9 Å². The van der Waals surface area contributed by atoms with E-state index in [1.54, 1.807) is 12.1 Å². The Hall–Kier alpha value is -2.53. The van der Waals surface area contributed by atoms with Crippen LogP contribution >= 0.6 is 0 Å². The average Bonchev–Trinajstić information content (AvgIpc) is 2.92. The van der Waals surface area contributed by atoms with Crippen LogP contribution in [0.4, 0.5) is 0 Å². The maximum absolute atomic E-state index is 9.78. The maximum Gasteiger partial charge on any atom is 0.161 e. The largest absolute Gasteiger partial charge is 0.504 e. The average molecular weight is 283 g/mol. The number of hydrogen-bond acceptors (Lipinski definition) is 4. The number of nitrogens with zero attached hydrogens (tertiary/aromatic N) is 1. The topological polar surface area (TPSA) is 81.2 Å². The van der Waals surface area contributed by atoms with Crippen LogP contribution in [-0.2, 0) is 6.54 Å². The Morgan fingerprint density at radius 2 is 1.95 bits per heavy atom. The standard InChI is InChI=1S/C16H17N3O2/c1-10(16-18-12-6-2-3-7-13(12)19-16)17-9-11-5-4-8-14(20)15(11)21/h2-8,10,17,20-21H,9H2,1H3,(H,18,19). The van der Waals surface area contributed by atoms with Crippen molar-refractivity contribution >= 4 is 11.0 Å². The number of hydrogen-bond donors (Lipinski definition) is 4. The van der Waals surface area contributed by atoms with Gasteiger partial charge in [-0.1, -0.05) is 24.3 Å². The molecule has 3 rings (SSSR count). The molecule has 2 aromatic carbocycles. The van der Waals surface area contributed by atoms with E-state index in [9.17, 15) is 10.2 Å². The highest BCUT2D eigenvalue weighted by Gasteiger charge is 2.12. The summed E-state index contributed by atoms with van der Waals surface area (Å²) in [5.74, 6) is 0.656. The van der Waals surface area contributed by atoms with E-state index in [2.05, 4.69) is 15.3 Å². The number of benzene rings is 2. The van der Waals surface area contributed by atoms with Gasteiger partial charge in [-0.15, -0.1) is 0 Å². The number of rotatable bonds is 4. The first-order valence-corrected chi connectivity index (χ1v) is 6.83. The van der Waals surface area contributed by atoms with Gasteiger partial charge in [-0.25, -0.2) is 4.98 Å². The Labute approximate surface area is 122 Å². The van der Waals surface area contributed by atoms with E-state index in [-0.39, 0.29) is 17.5 Å². The van der Waals surface area contributed by atoms with Crippen molar-refractivity contribution in [3.8, 4) is 11.5 Å². The van der Waals surface area contributed by atoms with Crippen LogP contribution in [0.5, 0.6) is 11.5 Å². The van der Waals surface area contributed by atoms with Crippen molar-refractivity contribution in [2.24, 2.45) is 0 Å². The van der Waals surface area contributed by atoms with Gasteiger partial charge in [-0.2, -0.15) is 0 Å². The minimum absolute atomic E-state index is 0.000788. The summed E-state index contributed by atoms with van der Waals surface area (Å²) in [7, 11) is 0. The number of fused-ring (bicyclic) bond motifs is 1. The normalized spacial score (nSPS) is 12.6. The Bertz CT molecular complexity index is 734. The lowest BCUT2D eigenvalue weighted by molar-refractivity contribution is 0.396. The van der Waals surface area contributed by atoms with Gasteiger partial charge >= 0.3 is 0 Å². The molecular weight excluding hydrogens is 266 g/mol. The minimum Gasteiger partial charge on any atom is -0.504 e. The molecule has 5 heteroatoms. The Morgan fingerprint density at radius 3 is 2.76 bits per heavy atom. The van der Waals surface area contributed by atoms with Crippen LogP contribution < -0.4 is 5.32 Å². The van der Waals surface area contributed by atoms with Crippen molar-refractivity contribution in [3.05, 3.63) is 53.9 Å². The molecule has 1 heterocycles. The first kappa shape index (κ1) is 13.5. The van der Waals surface area contributed by atoms with E-state index in [4.69, 9.17) is 0 Å². The van der Waals surface area contributed by atoms with Crippen molar-refractivity contribution in [1.29, 1.82) is 0 Å². The highest BCUT2D eigenvalue weighted by molar-refractivity contribution is 5.74. The van der Waals surface area contributed by atoms with E-state index in [1.807, 2.05) is 31.2 Å². The first-order chi connectivity index (χ1) is 10.1. The molecular formula is C16H17N3O2. The van der Waals surface area contributed by atoms with Gasteiger partial charge in [0, 0.05) is 12.1 Å². The van der Waals surface area contributed by atoms with Gasteiger partial charge in [0.2, 0.25) is 0 Å².